The first-order valence-corrected chi connectivity index (χ1v) is 6.28. The second kappa shape index (κ2) is 6.20. The lowest BCUT2D eigenvalue weighted by Crippen LogP contribution is -2.12. The summed E-state index contributed by atoms with van der Waals surface area (Å²) in [4.78, 5) is 11.9. The molecule has 2 nitrogen and oxygen atoms in total. The number of Topliss-reactive ketones (excluding diaryl/α,β-unsaturated/α-hetero) is 1. The number of hydrogen-bond acceptors (Lipinski definition) is 2. The molecule has 2 rings (SSSR count). The van der Waals surface area contributed by atoms with Gasteiger partial charge < -0.3 is 4.74 Å². The molecule has 2 aromatic carbocycles. The fraction of sp³-hybridized carbons (Fsp3) is 0.0714. The van der Waals surface area contributed by atoms with Gasteiger partial charge in [-0.3, -0.25) is 4.79 Å². The van der Waals surface area contributed by atoms with Crippen LogP contribution in [-0.2, 0) is 0 Å². The van der Waals surface area contributed by atoms with Gasteiger partial charge in [0.2, 0.25) is 5.78 Å². The van der Waals surface area contributed by atoms with E-state index in [0.29, 0.717) is 11.1 Å². The minimum absolute atomic E-state index is 0.0686. The molecule has 0 saturated carbocycles. The second-order valence-electron chi connectivity index (χ2n) is 3.94. The van der Waals surface area contributed by atoms with Gasteiger partial charge in [0, 0.05) is 28.8 Å². The van der Waals surface area contributed by atoms with Gasteiger partial charge in [0.15, 0.2) is 6.61 Å². The summed E-state index contributed by atoms with van der Waals surface area (Å²) in [5.74, 6) is -2.05. The van der Waals surface area contributed by atoms with Crippen molar-refractivity contribution in [3.63, 3.8) is 0 Å². The highest BCUT2D eigenvalue weighted by molar-refractivity contribution is 6.36. The van der Waals surface area contributed by atoms with Crippen LogP contribution in [0.15, 0.2) is 36.4 Å². The number of carbonyl (C=O) groups excluding carboxylic acids is 1. The average Bonchev–Trinajstić information content (AvgIpc) is 2.35. The Bertz CT molecular complexity index is 639. The fourth-order valence-corrected chi connectivity index (χ4v) is 2.07. The van der Waals surface area contributed by atoms with E-state index in [4.69, 9.17) is 27.9 Å². The van der Waals surface area contributed by atoms with Crippen LogP contribution in [0.4, 0.5) is 8.78 Å². The molecule has 0 unspecified atom stereocenters. The number of carbonyl (C=O) groups is 1. The number of benzene rings is 2. The van der Waals surface area contributed by atoms with Crippen molar-refractivity contribution < 1.29 is 18.3 Å². The van der Waals surface area contributed by atoms with Gasteiger partial charge in [-0.15, -0.1) is 0 Å². The van der Waals surface area contributed by atoms with Crippen molar-refractivity contribution >= 4 is 29.0 Å². The molecular weight excluding hydrogens is 309 g/mol. The van der Waals surface area contributed by atoms with E-state index in [1.165, 1.54) is 18.2 Å². The van der Waals surface area contributed by atoms with Crippen molar-refractivity contribution in [2.75, 3.05) is 6.61 Å². The van der Waals surface area contributed by atoms with Gasteiger partial charge in [0.25, 0.3) is 0 Å². The topological polar surface area (TPSA) is 26.3 Å². The lowest BCUT2D eigenvalue weighted by Gasteiger charge is -2.07. The van der Waals surface area contributed by atoms with Crippen molar-refractivity contribution in [2.45, 2.75) is 0 Å². The summed E-state index contributed by atoms with van der Waals surface area (Å²) in [6.07, 6.45) is 0. The minimum Gasteiger partial charge on any atom is -0.485 e. The Morgan fingerprint density at radius 1 is 1.05 bits per heavy atom. The van der Waals surface area contributed by atoms with E-state index in [1.54, 1.807) is 0 Å². The fourth-order valence-electron chi connectivity index (χ4n) is 1.55. The summed E-state index contributed by atoms with van der Waals surface area (Å²) in [6.45, 7) is -0.385. The van der Waals surface area contributed by atoms with Crippen LogP contribution < -0.4 is 4.74 Å². The van der Waals surface area contributed by atoms with Crippen molar-refractivity contribution in [2.24, 2.45) is 0 Å². The van der Waals surface area contributed by atoms with Crippen molar-refractivity contribution in [1.82, 2.24) is 0 Å². The maximum Gasteiger partial charge on any atom is 0.201 e. The average molecular weight is 317 g/mol. The van der Waals surface area contributed by atoms with E-state index in [1.807, 2.05) is 0 Å². The lowest BCUT2D eigenvalue weighted by atomic mass is 10.1. The molecule has 2 aromatic rings. The van der Waals surface area contributed by atoms with E-state index in [2.05, 4.69) is 0 Å². The first kappa shape index (κ1) is 14.8. The highest BCUT2D eigenvalue weighted by Gasteiger charge is 2.12. The van der Waals surface area contributed by atoms with Crippen LogP contribution in [0.1, 0.15) is 10.4 Å². The van der Waals surface area contributed by atoms with Crippen molar-refractivity contribution in [3.05, 3.63) is 63.6 Å². The zero-order chi connectivity index (χ0) is 14.7. The number of hydrogen-bond donors (Lipinski definition) is 0. The molecule has 0 atom stereocenters. The Morgan fingerprint density at radius 2 is 1.70 bits per heavy atom. The third kappa shape index (κ3) is 3.68. The third-order valence-corrected chi connectivity index (χ3v) is 2.99. The van der Waals surface area contributed by atoms with Gasteiger partial charge in [-0.05, 0) is 18.2 Å². The largest absolute Gasteiger partial charge is 0.485 e. The molecule has 0 N–H and O–H groups in total. The maximum absolute atomic E-state index is 12.9. The Morgan fingerprint density at radius 3 is 2.30 bits per heavy atom. The first-order chi connectivity index (χ1) is 9.45. The molecule has 0 saturated heterocycles. The van der Waals surface area contributed by atoms with E-state index in [9.17, 15) is 13.6 Å². The van der Waals surface area contributed by atoms with Crippen LogP contribution in [0.2, 0.25) is 10.0 Å². The Labute approximate surface area is 123 Å². The zero-order valence-electron chi connectivity index (χ0n) is 10.00. The second-order valence-corrected chi connectivity index (χ2v) is 4.78. The minimum atomic E-state index is -0.781. The Hall–Kier alpha value is -1.65. The van der Waals surface area contributed by atoms with Gasteiger partial charge in [0.1, 0.15) is 17.4 Å². The van der Waals surface area contributed by atoms with Crippen LogP contribution in [-0.4, -0.2) is 12.4 Å². The van der Waals surface area contributed by atoms with E-state index in [-0.39, 0.29) is 22.9 Å². The van der Waals surface area contributed by atoms with E-state index in [0.717, 1.165) is 12.1 Å². The van der Waals surface area contributed by atoms with E-state index >= 15 is 0 Å². The number of halogens is 4. The van der Waals surface area contributed by atoms with Crippen LogP contribution in [0, 0.1) is 11.6 Å². The van der Waals surface area contributed by atoms with Crippen LogP contribution >= 0.6 is 23.2 Å². The summed E-state index contributed by atoms with van der Waals surface area (Å²) in [5.41, 5.74) is 0.230. The molecule has 0 spiro atoms. The lowest BCUT2D eigenvalue weighted by molar-refractivity contribution is 0.0921. The predicted molar refractivity (Wildman–Crippen MR) is 72.6 cm³/mol. The quantitative estimate of drug-likeness (QED) is 0.774. The smallest absolute Gasteiger partial charge is 0.201 e. The molecule has 0 aliphatic carbocycles. The molecule has 20 heavy (non-hydrogen) atoms. The van der Waals surface area contributed by atoms with Gasteiger partial charge in [-0.25, -0.2) is 8.78 Å². The highest BCUT2D eigenvalue weighted by atomic mass is 35.5. The molecule has 0 heterocycles. The molecule has 0 aliphatic heterocycles. The summed E-state index contributed by atoms with van der Waals surface area (Å²) in [5, 5.41) is 0.594. The summed E-state index contributed by atoms with van der Waals surface area (Å²) in [6, 6.07) is 7.09. The molecule has 0 radical (unpaired) electrons. The van der Waals surface area contributed by atoms with Gasteiger partial charge in [-0.1, -0.05) is 23.2 Å². The first-order valence-electron chi connectivity index (χ1n) is 5.53. The Kier molecular flexibility index (Phi) is 4.57. The normalized spacial score (nSPS) is 10.4. The zero-order valence-corrected chi connectivity index (χ0v) is 11.5. The molecule has 0 aliphatic rings. The molecular formula is C14H8Cl2F2O2. The van der Waals surface area contributed by atoms with Crippen molar-refractivity contribution in [1.29, 1.82) is 0 Å². The van der Waals surface area contributed by atoms with Gasteiger partial charge >= 0.3 is 0 Å². The predicted octanol–water partition coefficient (Wildman–Crippen LogP) is 4.53. The molecule has 0 amide bonds. The Balaban J connectivity index is 2.08. The highest BCUT2D eigenvalue weighted by Crippen LogP contribution is 2.22. The SMILES string of the molecule is O=C(COc1cc(F)cc(F)c1)c1ccc(Cl)cc1Cl. The molecule has 0 aromatic heterocycles. The van der Waals surface area contributed by atoms with Crippen molar-refractivity contribution in [3.8, 4) is 5.75 Å². The van der Waals surface area contributed by atoms with Gasteiger partial charge in [0.05, 0.1) is 5.02 Å². The standard InChI is InChI=1S/C14H8Cl2F2O2/c15-8-1-2-12(13(16)3-8)14(19)7-20-11-5-9(17)4-10(18)6-11/h1-6H,7H2. The van der Waals surface area contributed by atoms with Crippen LogP contribution in [0.3, 0.4) is 0 Å². The third-order valence-electron chi connectivity index (χ3n) is 2.44. The van der Waals surface area contributed by atoms with Gasteiger partial charge in [-0.2, -0.15) is 0 Å². The number of ketones is 1. The summed E-state index contributed by atoms with van der Waals surface area (Å²) < 4.78 is 30.9. The molecule has 0 fully saturated rings. The van der Waals surface area contributed by atoms with Crippen LogP contribution in [0.25, 0.3) is 0 Å². The monoisotopic (exact) mass is 316 g/mol. The molecule has 0 bridgehead atoms. The van der Waals surface area contributed by atoms with Crippen LogP contribution in [0.5, 0.6) is 5.75 Å². The number of ether oxygens (including phenoxy) is 1. The summed E-state index contributed by atoms with van der Waals surface area (Å²) >= 11 is 11.6. The number of rotatable bonds is 4. The van der Waals surface area contributed by atoms with E-state index < -0.39 is 17.4 Å². The maximum atomic E-state index is 12.9. The molecule has 104 valence electrons. The molecule has 6 heteroatoms. The summed E-state index contributed by atoms with van der Waals surface area (Å²) in [7, 11) is 0.